The summed E-state index contributed by atoms with van der Waals surface area (Å²) in [4.78, 5) is 23.8. The number of aryl methyl sites for hydroxylation is 2. The first-order valence-electron chi connectivity index (χ1n) is 8.80. The van der Waals surface area contributed by atoms with Crippen LogP contribution in [0.15, 0.2) is 60.8 Å². The Morgan fingerprint density at radius 1 is 0.833 bits per heavy atom. The summed E-state index contributed by atoms with van der Waals surface area (Å²) < 4.78 is 2.05. The maximum atomic E-state index is 11.3. The number of nitro groups is 2. The molecule has 0 unspecified atom stereocenters. The van der Waals surface area contributed by atoms with Crippen LogP contribution in [0.25, 0.3) is 27.1 Å². The van der Waals surface area contributed by atoms with Crippen molar-refractivity contribution >= 4 is 27.5 Å². The molecular weight excluding hydrogens is 470 g/mol. The Bertz CT molecular complexity index is 1300. The van der Waals surface area contributed by atoms with E-state index in [9.17, 15) is 20.2 Å². The summed E-state index contributed by atoms with van der Waals surface area (Å²) in [5.74, 6) is 0. The summed E-state index contributed by atoms with van der Waals surface area (Å²) in [6.07, 6.45) is 1.95. The molecular formula is C21H16BrN3O4S. The molecule has 4 rings (SSSR count). The van der Waals surface area contributed by atoms with Crippen LogP contribution >= 0.6 is 11.3 Å². The van der Waals surface area contributed by atoms with Crippen LogP contribution in [0.1, 0.15) is 10.6 Å². The van der Waals surface area contributed by atoms with Gasteiger partial charge in [-0.3, -0.25) is 20.2 Å². The molecule has 0 aliphatic carbocycles. The van der Waals surface area contributed by atoms with Crippen molar-refractivity contribution in [3.05, 3.63) is 91.6 Å². The van der Waals surface area contributed by atoms with E-state index in [1.54, 1.807) is 23.5 Å². The number of hydrogen-bond acceptors (Lipinski definition) is 5. The molecule has 152 valence electrons. The Morgan fingerprint density at radius 3 is 1.90 bits per heavy atom. The summed E-state index contributed by atoms with van der Waals surface area (Å²) in [6, 6.07) is 14.8. The third-order valence-corrected chi connectivity index (χ3v) is 6.04. The number of nitro benzene ring substituents is 2. The predicted molar refractivity (Wildman–Crippen MR) is 111 cm³/mol. The number of halogens is 1. The summed E-state index contributed by atoms with van der Waals surface area (Å²) in [5, 5.41) is 22.5. The minimum atomic E-state index is -0.428. The molecule has 0 amide bonds. The van der Waals surface area contributed by atoms with Gasteiger partial charge >= 0.3 is 0 Å². The standard InChI is InChI=1S/C21H16N3O4S.BrH/c1-13-14(2)29-21-11-19(15-5-3-7-17(9-15)23(25)26)20(12-22(13)21)16-6-4-8-18(10-16)24(27)28;/h3-12H,1-2H3;1H/q+1;/p-1. The fourth-order valence-corrected chi connectivity index (χ4v) is 4.34. The smallest absolute Gasteiger partial charge is 0.270 e. The lowest BCUT2D eigenvalue weighted by atomic mass is 9.96. The van der Waals surface area contributed by atoms with Gasteiger partial charge in [0.25, 0.3) is 16.2 Å². The van der Waals surface area contributed by atoms with Crippen molar-refractivity contribution < 1.29 is 31.2 Å². The van der Waals surface area contributed by atoms with Gasteiger partial charge in [-0.1, -0.05) is 35.6 Å². The van der Waals surface area contributed by atoms with Gasteiger partial charge in [0.1, 0.15) is 0 Å². The molecule has 2 aromatic heterocycles. The SMILES string of the molecule is Cc1sc2cc(-c3cccc([N+](=O)[O-])c3)c(-c3cccc([N+](=O)[O-])c3)c[n+]2c1C.[Br-]. The summed E-state index contributed by atoms with van der Waals surface area (Å²) in [7, 11) is 0. The molecule has 7 nitrogen and oxygen atoms in total. The third-order valence-electron chi connectivity index (χ3n) is 4.92. The van der Waals surface area contributed by atoms with E-state index < -0.39 is 9.85 Å². The Hall–Kier alpha value is -3.17. The highest BCUT2D eigenvalue weighted by Gasteiger charge is 2.22. The van der Waals surface area contributed by atoms with Gasteiger partial charge in [-0.25, -0.2) is 0 Å². The second kappa shape index (κ2) is 8.29. The topological polar surface area (TPSA) is 90.4 Å². The van der Waals surface area contributed by atoms with Gasteiger partial charge in [-0.05, 0) is 18.1 Å². The molecule has 2 heterocycles. The highest BCUT2D eigenvalue weighted by atomic mass is 79.9. The molecule has 0 saturated heterocycles. The molecule has 2 aromatic carbocycles. The lowest BCUT2D eigenvalue weighted by Gasteiger charge is -2.08. The van der Waals surface area contributed by atoms with Crippen LogP contribution in [0.2, 0.25) is 0 Å². The average molecular weight is 486 g/mol. The van der Waals surface area contributed by atoms with Gasteiger partial charge in [0.2, 0.25) is 0 Å². The number of benzene rings is 2. The fraction of sp³-hybridized carbons (Fsp3) is 0.0952. The van der Waals surface area contributed by atoms with Crippen molar-refractivity contribution in [2.45, 2.75) is 13.8 Å². The number of hydrogen-bond donors (Lipinski definition) is 0. The van der Waals surface area contributed by atoms with E-state index in [2.05, 4.69) is 4.40 Å². The summed E-state index contributed by atoms with van der Waals surface area (Å²) in [6.45, 7) is 4.05. The van der Waals surface area contributed by atoms with E-state index >= 15 is 0 Å². The molecule has 0 aliphatic heterocycles. The highest BCUT2D eigenvalue weighted by molar-refractivity contribution is 7.16. The van der Waals surface area contributed by atoms with Gasteiger partial charge < -0.3 is 17.0 Å². The van der Waals surface area contributed by atoms with E-state index in [4.69, 9.17) is 0 Å². The zero-order valence-electron chi connectivity index (χ0n) is 16.0. The Balaban J connectivity index is 0.00000256. The third kappa shape index (κ3) is 3.81. The monoisotopic (exact) mass is 485 g/mol. The molecule has 0 radical (unpaired) electrons. The van der Waals surface area contributed by atoms with Crippen LogP contribution in [0.4, 0.5) is 11.4 Å². The Labute approximate surface area is 186 Å². The van der Waals surface area contributed by atoms with Crippen molar-refractivity contribution in [1.29, 1.82) is 0 Å². The van der Waals surface area contributed by atoms with Crippen LogP contribution in [0.3, 0.4) is 0 Å². The molecule has 9 heteroatoms. The van der Waals surface area contributed by atoms with Crippen molar-refractivity contribution in [2.75, 3.05) is 0 Å². The highest BCUT2D eigenvalue weighted by Crippen LogP contribution is 2.36. The molecule has 0 atom stereocenters. The van der Waals surface area contributed by atoms with Gasteiger partial charge in [-0.15, -0.1) is 0 Å². The first kappa shape index (κ1) is 21.5. The number of rotatable bonds is 4. The molecule has 0 N–H and O–H groups in total. The second-order valence-corrected chi connectivity index (χ2v) is 7.90. The van der Waals surface area contributed by atoms with Crippen molar-refractivity contribution in [2.24, 2.45) is 0 Å². The summed E-state index contributed by atoms with van der Waals surface area (Å²) in [5.41, 5.74) is 4.00. The first-order chi connectivity index (χ1) is 13.8. The fourth-order valence-electron chi connectivity index (χ4n) is 3.32. The Morgan fingerprint density at radius 2 is 1.37 bits per heavy atom. The molecule has 30 heavy (non-hydrogen) atoms. The number of fused-ring (bicyclic) bond motifs is 1. The van der Waals surface area contributed by atoms with Gasteiger partial charge in [-0.2, -0.15) is 4.40 Å². The van der Waals surface area contributed by atoms with Gasteiger partial charge in [0, 0.05) is 42.8 Å². The minimum Gasteiger partial charge on any atom is -1.00 e. The van der Waals surface area contributed by atoms with Crippen LogP contribution in [0.5, 0.6) is 0 Å². The van der Waals surface area contributed by atoms with Crippen LogP contribution in [-0.4, -0.2) is 9.85 Å². The number of thiazole rings is 1. The quantitative estimate of drug-likeness (QED) is 0.252. The molecule has 0 spiro atoms. The lowest BCUT2D eigenvalue weighted by molar-refractivity contribution is -0.514. The maximum absolute atomic E-state index is 11.3. The number of non-ortho nitro benzene ring substituents is 2. The first-order valence-corrected chi connectivity index (χ1v) is 9.62. The van der Waals surface area contributed by atoms with E-state index in [1.165, 1.54) is 24.3 Å². The molecule has 0 aliphatic rings. The zero-order valence-corrected chi connectivity index (χ0v) is 18.4. The van der Waals surface area contributed by atoms with Crippen LogP contribution in [0, 0.1) is 34.1 Å². The average Bonchev–Trinajstić information content (AvgIpc) is 3.00. The number of aromatic nitrogens is 1. The maximum Gasteiger partial charge on any atom is 0.270 e. The van der Waals surface area contributed by atoms with E-state index in [0.29, 0.717) is 11.1 Å². The van der Waals surface area contributed by atoms with Gasteiger partial charge in [0.15, 0.2) is 11.9 Å². The van der Waals surface area contributed by atoms with Crippen molar-refractivity contribution in [1.82, 2.24) is 0 Å². The molecule has 4 aromatic rings. The summed E-state index contributed by atoms with van der Waals surface area (Å²) >= 11 is 1.63. The van der Waals surface area contributed by atoms with Crippen LogP contribution < -0.4 is 21.4 Å². The number of nitrogens with zero attached hydrogens (tertiary/aromatic N) is 3. The number of pyridine rings is 1. The second-order valence-electron chi connectivity index (χ2n) is 6.67. The molecule has 0 saturated carbocycles. The zero-order chi connectivity index (χ0) is 20.7. The predicted octanol–water partition coefficient (Wildman–Crippen LogP) is 2.26. The molecule has 0 fully saturated rings. The van der Waals surface area contributed by atoms with E-state index in [-0.39, 0.29) is 28.4 Å². The Kier molecular flexibility index (Phi) is 5.95. The van der Waals surface area contributed by atoms with E-state index in [1.807, 2.05) is 38.2 Å². The normalized spacial score (nSPS) is 10.6. The largest absolute Gasteiger partial charge is 1.00 e. The lowest BCUT2D eigenvalue weighted by Crippen LogP contribution is -3.00. The molecule has 0 bridgehead atoms. The van der Waals surface area contributed by atoms with Crippen molar-refractivity contribution in [3.63, 3.8) is 0 Å². The van der Waals surface area contributed by atoms with Crippen LogP contribution in [-0.2, 0) is 0 Å². The minimum absolute atomic E-state index is 0. The van der Waals surface area contributed by atoms with E-state index in [0.717, 1.165) is 26.5 Å². The van der Waals surface area contributed by atoms with Gasteiger partial charge in [0.05, 0.1) is 20.3 Å². The van der Waals surface area contributed by atoms with Crippen molar-refractivity contribution in [3.8, 4) is 22.3 Å².